The van der Waals surface area contributed by atoms with Crippen LogP contribution in [0, 0.1) is 5.82 Å². The first-order valence-electron chi connectivity index (χ1n) is 10.2. The Kier molecular flexibility index (Phi) is 6.29. The number of piperazine rings is 1. The van der Waals surface area contributed by atoms with Gasteiger partial charge in [-0.15, -0.1) is 0 Å². The molecule has 2 bridgehead atoms. The smallest absolute Gasteiger partial charge is 0.316 e. The van der Waals surface area contributed by atoms with Crippen molar-refractivity contribution >= 4 is 29.2 Å². The molecule has 0 aromatic heterocycles. The third kappa shape index (κ3) is 5.08. The monoisotopic (exact) mass is 446 g/mol. The highest BCUT2D eigenvalue weighted by molar-refractivity contribution is 6.31. The molecule has 4 rings (SSSR count). The molecule has 2 atom stereocenters. The van der Waals surface area contributed by atoms with Crippen LogP contribution in [0.2, 0.25) is 5.02 Å². The maximum atomic E-state index is 13.2. The molecule has 0 spiro atoms. The van der Waals surface area contributed by atoms with Gasteiger partial charge in [0.15, 0.2) is 6.61 Å². The Morgan fingerprint density at radius 3 is 2.45 bits per heavy atom. The Morgan fingerprint density at radius 2 is 1.81 bits per heavy atom. The van der Waals surface area contributed by atoms with Crippen molar-refractivity contribution in [1.29, 1.82) is 0 Å². The number of fused-ring (bicyclic) bond motifs is 2. The highest BCUT2D eigenvalue weighted by atomic mass is 35.5. The number of benzene rings is 2. The van der Waals surface area contributed by atoms with Crippen LogP contribution in [0.3, 0.4) is 0 Å². The van der Waals surface area contributed by atoms with Crippen LogP contribution >= 0.6 is 11.6 Å². The molecule has 2 aromatic rings. The fourth-order valence-corrected chi connectivity index (χ4v) is 4.51. The quantitative estimate of drug-likeness (QED) is 0.713. The zero-order chi connectivity index (χ0) is 22.0. The number of hydrogen-bond donors (Lipinski definition) is 2. The number of anilines is 1. The molecule has 2 heterocycles. The first kappa shape index (κ1) is 21.4. The van der Waals surface area contributed by atoms with E-state index in [-0.39, 0.29) is 30.4 Å². The van der Waals surface area contributed by atoms with Crippen molar-refractivity contribution < 1.29 is 18.7 Å². The average molecular weight is 447 g/mol. The van der Waals surface area contributed by atoms with Crippen molar-refractivity contribution in [3.05, 3.63) is 58.9 Å². The Bertz CT molecular complexity index is 958. The predicted molar refractivity (Wildman–Crippen MR) is 115 cm³/mol. The van der Waals surface area contributed by atoms with E-state index in [1.54, 1.807) is 12.1 Å². The van der Waals surface area contributed by atoms with Gasteiger partial charge < -0.3 is 20.7 Å². The summed E-state index contributed by atoms with van der Waals surface area (Å²) < 4.78 is 18.8. The maximum Gasteiger partial charge on any atom is 0.316 e. The predicted octanol–water partition coefficient (Wildman–Crippen LogP) is 3.22. The lowest BCUT2D eigenvalue weighted by Gasteiger charge is -2.41. The molecule has 7 nitrogen and oxygen atoms in total. The number of nitrogens with zero attached hydrogens (tertiary/aromatic N) is 2. The van der Waals surface area contributed by atoms with Crippen LogP contribution in [-0.4, -0.2) is 53.5 Å². The van der Waals surface area contributed by atoms with Crippen LogP contribution in [0.1, 0.15) is 18.4 Å². The summed E-state index contributed by atoms with van der Waals surface area (Å²) >= 11 is 5.96. The Balaban J connectivity index is 1.35. The molecule has 2 saturated heterocycles. The van der Waals surface area contributed by atoms with Gasteiger partial charge in [-0.2, -0.15) is 0 Å². The fraction of sp³-hybridized carbons (Fsp3) is 0.364. The number of likely N-dealkylation sites (tertiary alicyclic amines) is 1. The number of nitrogens with one attached hydrogen (secondary N) is 1. The number of ether oxygens (including phenoxy) is 1. The number of amides is 3. The number of rotatable bonds is 6. The van der Waals surface area contributed by atoms with Gasteiger partial charge in [-0.05, 0) is 48.7 Å². The number of nitrogens with two attached hydrogens (primary N) is 1. The molecule has 2 fully saturated rings. The molecule has 0 saturated carbocycles. The van der Waals surface area contributed by atoms with E-state index in [1.165, 1.54) is 18.2 Å². The van der Waals surface area contributed by atoms with Crippen molar-refractivity contribution in [2.24, 2.45) is 5.73 Å². The van der Waals surface area contributed by atoms with Crippen LogP contribution in [0.5, 0.6) is 5.75 Å². The minimum Gasteiger partial charge on any atom is -0.482 e. The van der Waals surface area contributed by atoms with Gasteiger partial charge >= 0.3 is 6.03 Å². The standard InChI is InChI=1S/C22H24ClFN4O3/c23-15-3-8-20(19(9-15)26-22(25)30)31-13-21(29)27-11-17-6-7-18(12-27)28(17)10-14-1-4-16(24)5-2-14/h1-5,8-9,17-18H,6-7,10-13H2,(H3,25,26,30). The Hall–Kier alpha value is -2.84. The van der Waals surface area contributed by atoms with Crippen LogP contribution in [0.4, 0.5) is 14.9 Å². The van der Waals surface area contributed by atoms with E-state index in [0.717, 1.165) is 24.9 Å². The number of urea groups is 1. The SMILES string of the molecule is NC(=O)Nc1cc(Cl)ccc1OCC(=O)N1CC2CCC(C1)N2Cc1ccc(F)cc1. The van der Waals surface area contributed by atoms with E-state index in [0.29, 0.717) is 29.5 Å². The number of hydrogen-bond acceptors (Lipinski definition) is 4. The lowest BCUT2D eigenvalue weighted by atomic mass is 10.1. The molecule has 3 amide bonds. The minimum atomic E-state index is -0.743. The molecule has 2 aromatic carbocycles. The van der Waals surface area contributed by atoms with Crippen LogP contribution in [0.25, 0.3) is 0 Å². The summed E-state index contributed by atoms with van der Waals surface area (Å²) in [5.41, 5.74) is 6.57. The van der Waals surface area contributed by atoms with E-state index < -0.39 is 6.03 Å². The summed E-state index contributed by atoms with van der Waals surface area (Å²) in [5.74, 6) is -0.0233. The van der Waals surface area contributed by atoms with E-state index in [1.807, 2.05) is 17.0 Å². The number of carbonyl (C=O) groups excluding carboxylic acids is 2. The number of carbonyl (C=O) groups is 2. The molecule has 2 aliphatic heterocycles. The lowest BCUT2D eigenvalue weighted by molar-refractivity contribution is -0.136. The van der Waals surface area contributed by atoms with Crippen molar-refractivity contribution in [3.8, 4) is 5.75 Å². The number of primary amides is 1. The summed E-state index contributed by atoms with van der Waals surface area (Å²) in [5, 5.41) is 2.86. The van der Waals surface area contributed by atoms with Gasteiger partial charge in [0, 0.05) is 36.7 Å². The second-order valence-electron chi connectivity index (χ2n) is 7.90. The van der Waals surface area contributed by atoms with Gasteiger partial charge in [0.05, 0.1) is 5.69 Å². The maximum absolute atomic E-state index is 13.2. The summed E-state index contributed by atoms with van der Waals surface area (Å²) in [6, 6.07) is 11.1. The molecular weight excluding hydrogens is 423 g/mol. The highest BCUT2D eigenvalue weighted by Gasteiger charge is 2.41. The zero-order valence-electron chi connectivity index (χ0n) is 16.9. The second-order valence-corrected chi connectivity index (χ2v) is 8.34. The van der Waals surface area contributed by atoms with E-state index in [4.69, 9.17) is 22.1 Å². The van der Waals surface area contributed by atoms with Crippen LogP contribution < -0.4 is 15.8 Å². The summed E-state index contributed by atoms with van der Waals surface area (Å²) in [6.07, 6.45) is 2.06. The van der Waals surface area contributed by atoms with Gasteiger partial charge in [0.25, 0.3) is 5.91 Å². The summed E-state index contributed by atoms with van der Waals surface area (Å²) in [6.45, 7) is 1.87. The lowest BCUT2D eigenvalue weighted by Crippen LogP contribution is -2.55. The third-order valence-corrected chi connectivity index (χ3v) is 6.05. The van der Waals surface area contributed by atoms with E-state index in [9.17, 15) is 14.0 Å². The molecule has 3 N–H and O–H groups in total. The molecule has 164 valence electrons. The van der Waals surface area contributed by atoms with Gasteiger partial charge in [-0.1, -0.05) is 23.7 Å². The van der Waals surface area contributed by atoms with Crippen LogP contribution in [0.15, 0.2) is 42.5 Å². The summed E-state index contributed by atoms with van der Waals surface area (Å²) in [4.78, 5) is 28.2. The number of halogens is 2. The van der Waals surface area contributed by atoms with Gasteiger partial charge in [-0.3, -0.25) is 9.69 Å². The first-order valence-corrected chi connectivity index (χ1v) is 10.5. The molecule has 31 heavy (non-hydrogen) atoms. The Morgan fingerprint density at radius 1 is 1.13 bits per heavy atom. The minimum absolute atomic E-state index is 0.113. The topological polar surface area (TPSA) is 87.9 Å². The average Bonchev–Trinajstić information content (AvgIpc) is 2.95. The molecule has 9 heteroatoms. The second kappa shape index (κ2) is 9.11. The molecular formula is C22H24ClFN4O3. The zero-order valence-corrected chi connectivity index (χ0v) is 17.6. The van der Waals surface area contributed by atoms with Crippen molar-refractivity contribution in [2.45, 2.75) is 31.5 Å². The van der Waals surface area contributed by atoms with E-state index in [2.05, 4.69) is 10.2 Å². The van der Waals surface area contributed by atoms with Crippen molar-refractivity contribution in [3.63, 3.8) is 0 Å². The van der Waals surface area contributed by atoms with Crippen molar-refractivity contribution in [2.75, 3.05) is 25.0 Å². The molecule has 0 radical (unpaired) electrons. The van der Waals surface area contributed by atoms with Gasteiger partial charge in [0.1, 0.15) is 11.6 Å². The van der Waals surface area contributed by atoms with E-state index >= 15 is 0 Å². The molecule has 2 aliphatic rings. The molecule has 2 unspecified atom stereocenters. The van der Waals surface area contributed by atoms with Gasteiger partial charge in [0.2, 0.25) is 0 Å². The third-order valence-electron chi connectivity index (χ3n) is 5.82. The molecule has 0 aliphatic carbocycles. The van der Waals surface area contributed by atoms with Crippen LogP contribution in [-0.2, 0) is 11.3 Å². The Labute approximate surface area is 184 Å². The normalized spacial score (nSPS) is 20.5. The fourth-order valence-electron chi connectivity index (χ4n) is 4.34. The van der Waals surface area contributed by atoms with Crippen molar-refractivity contribution in [1.82, 2.24) is 9.80 Å². The first-order chi connectivity index (χ1) is 14.9. The largest absolute Gasteiger partial charge is 0.482 e. The van der Waals surface area contributed by atoms with Gasteiger partial charge in [-0.25, -0.2) is 9.18 Å². The summed E-state index contributed by atoms with van der Waals surface area (Å²) in [7, 11) is 0. The highest BCUT2D eigenvalue weighted by Crippen LogP contribution is 2.32.